The third-order valence-corrected chi connectivity index (χ3v) is 10.1. The molecule has 316 valence electrons. The number of nitrogens with two attached hydrogens (primary N) is 1. The zero-order valence-electron chi connectivity index (χ0n) is 34.1. The molecule has 0 aromatic carbocycles. The Morgan fingerprint density at radius 1 is 0.556 bits per heavy atom. The lowest BCUT2D eigenvalue weighted by Gasteiger charge is -2.20. The van der Waals surface area contributed by atoms with Gasteiger partial charge in [-0.15, -0.1) is 0 Å². The maximum Gasteiger partial charge on any atom is 0.472 e. The molecule has 0 aliphatic carbocycles. The number of aliphatic carboxylic acids is 1. The first-order valence-electron chi connectivity index (χ1n) is 21.4. The third kappa shape index (κ3) is 36.9. The number of unbranched alkanes of at least 4 members (excludes halogenated alkanes) is 22. The topological polar surface area (TPSA) is 172 Å². The van der Waals surface area contributed by atoms with E-state index in [9.17, 15) is 23.8 Å². The van der Waals surface area contributed by atoms with Crippen LogP contribution in [0.5, 0.6) is 0 Å². The van der Waals surface area contributed by atoms with E-state index in [0.717, 1.165) is 57.8 Å². The quantitative estimate of drug-likeness (QED) is 0.0233. The van der Waals surface area contributed by atoms with Crippen LogP contribution in [0, 0.1) is 0 Å². The summed E-state index contributed by atoms with van der Waals surface area (Å²) in [5.41, 5.74) is 5.33. The summed E-state index contributed by atoms with van der Waals surface area (Å²) in [5.74, 6) is -2.38. The minimum absolute atomic E-state index is 0.157. The van der Waals surface area contributed by atoms with Gasteiger partial charge in [0, 0.05) is 12.8 Å². The van der Waals surface area contributed by atoms with Crippen LogP contribution < -0.4 is 5.73 Å². The van der Waals surface area contributed by atoms with Gasteiger partial charge < -0.3 is 25.2 Å². The standard InChI is InChI=1S/C42H78NO10P/c1-3-5-7-9-11-13-15-17-19-21-23-25-27-29-31-33-40(44)50-35-38(36-51-54(48,49)52-37-39(43)42(46)47)53-41(45)34-32-30-28-26-24-22-20-18-16-14-12-10-8-6-4-2/h13-16,38-39H,3-12,17-37,43H2,1-2H3,(H,46,47)(H,48,49)/b15-13-,16-14-/t38-,39+/m1/s1. The van der Waals surface area contributed by atoms with Crippen LogP contribution in [-0.2, 0) is 37.5 Å². The Bertz CT molecular complexity index is 1020. The van der Waals surface area contributed by atoms with E-state index in [4.69, 9.17) is 24.8 Å². The van der Waals surface area contributed by atoms with Gasteiger partial charge in [-0.05, 0) is 64.2 Å². The molecule has 0 rings (SSSR count). The normalized spacial score (nSPS) is 14.0. The first kappa shape index (κ1) is 52.0. The number of ether oxygens (including phenoxy) is 2. The van der Waals surface area contributed by atoms with Gasteiger partial charge in [0.2, 0.25) is 0 Å². The number of carbonyl (C=O) groups is 3. The van der Waals surface area contributed by atoms with Crippen molar-refractivity contribution in [3.05, 3.63) is 24.3 Å². The molecule has 12 heteroatoms. The second-order valence-corrected chi connectivity index (χ2v) is 15.9. The van der Waals surface area contributed by atoms with Crippen molar-refractivity contribution in [3.8, 4) is 0 Å². The minimum Gasteiger partial charge on any atom is -0.480 e. The molecular weight excluding hydrogens is 709 g/mol. The number of rotatable bonds is 40. The van der Waals surface area contributed by atoms with Crippen molar-refractivity contribution in [2.24, 2.45) is 5.73 Å². The molecule has 0 spiro atoms. The molecule has 54 heavy (non-hydrogen) atoms. The lowest BCUT2D eigenvalue weighted by molar-refractivity contribution is -0.161. The van der Waals surface area contributed by atoms with Gasteiger partial charge in [-0.3, -0.25) is 23.4 Å². The minimum atomic E-state index is -4.71. The Balaban J connectivity index is 4.38. The van der Waals surface area contributed by atoms with Crippen LogP contribution in [0.4, 0.5) is 0 Å². The Labute approximate surface area is 328 Å². The number of phosphoric acid groups is 1. The monoisotopic (exact) mass is 788 g/mol. The summed E-state index contributed by atoms with van der Waals surface area (Å²) in [6.45, 7) is 2.77. The molecular formula is C42H78NO10P. The first-order chi connectivity index (χ1) is 26.1. The van der Waals surface area contributed by atoms with Crippen LogP contribution in [0.25, 0.3) is 0 Å². The fourth-order valence-electron chi connectivity index (χ4n) is 5.76. The van der Waals surface area contributed by atoms with Crippen molar-refractivity contribution >= 4 is 25.7 Å². The highest BCUT2D eigenvalue weighted by Crippen LogP contribution is 2.43. The zero-order chi connectivity index (χ0) is 40.0. The number of carboxylic acid groups (broad SMARTS) is 1. The smallest absolute Gasteiger partial charge is 0.472 e. The third-order valence-electron chi connectivity index (χ3n) is 9.17. The molecule has 0 aliphatic rings. The second-order valence-electron chi connectivity index (χ2n) is 14.5. The number of allylic oxidation sites excluding steroid dienone is 4. The van der Waals surface area contributed by atoms with E-state index < -0.39 is 51.1 Å². The molecule has 0 radical (unpaired) electrons. The van der Waals surface area contributed by atoms with E-state index in [0.29, 0.717) is 12.8 Å². The van der Waals surface area contributed by atoms with E-state index >= 15 is 0 Å². The predicted molar refractivity (Wildman–Crippen MR) is 217 cm³/mol. The molecule has 0 aromatic rings. The fourth-order valence-corrected chi connectivity index (χ4v) is 6.54. The fraction of sp³-hybridized carbons (Fsp3) is 0.833. The zero-order valence-corrected chi connectivity index (χ0v) is 35.0. The van der Waals surface area contributed by atoms with E-state index in [1.54, 1.807) is 0 Å². The molecule has 0 aliphatic heterocycles. The molecule has 0 bridgehead atoms. The van der Waals surface area contributed by atoms with Crippen molar-refractivity contribution < 1.29 is 47.5 Å². The van der Waals surface area contributed by atoms with Crippen LogP contribution in [0.1, 0.15) is 194 Å². The van der Waals surface area contributed by atoms with Gasteiger partial charge in [0.15, 0.2) is 6.10 Å². The first-order valence-corrected chi connectivity index (χ1v) is 22.9. The number of carbonyl (C=O) groups excluding carboxylic acids is 2. The van der Waals surface area contributed by atoms with Gasteiger partial charge in [0.05, 0.1) is 13.2 Å². The summed E-state index contributed by atoms with van der Waals surface area (Å²) in [6, 6.07) is -1.52. The van der Waals surface area contributed by atoms with Crippen LogP contribution in [-0.4, -0.2) is 59.9 Å². The number of hydrogen-bond acceptors (Lipinski definition) is 9. The van der Waals surface area contributed by atoms with Gasteiger partial charge in [-0.2, -0.15) is 0 Å². The van der Waals surface area contributed by atoms with E-state index in [2.05, 4.69) is 42.7 Å². The Kier molecular flexibility index (Phi) is 36.4. The Hall–Kier alpha value is -2.04. The molecule has 0 amide bonds. The van der Waals surface area contributed by atoms with Gasteiger partial charge in [-0.1, -0.05) is 141 Å². The summed E-state index contributed by atoms with van der Waals surface area (Å²) >= 11 is 0. The maximum atomic E-state index is 12.6. The lowest BCUT2D eigenvalue weighted by Crippen LogP contribution is -2.34. The molecule has 0 fully saturated rings. The van der Waals surface area contributed by atoms with Gasteiger partial charge >= 0.3 is 25.7 Å². The van der Waals surface area contributed by atoms with Gasteiger partial charge in [0.1, 0.15) is 12.6 Å². The second kappa shape index (κ2) is 37.9. The Morgan fingerprint density at radius 3 is 1.35 bits per heavy atom. The Morgan fingerprint density at radius 2 is 0.926 bits per heavy atom. The average molecular weight is 788 g/mol. The number of hydrogen-bond donors (Lipinski definition) is 3. The summed E-state index contributed by atoms with van der Waals surface area (Å²) in [6.07, 6.45) is 38.1. The summed E-state index contributed by atoms with van der Waals surface area (Å²) < 4.78 is 32.7. The number of phosphoric ester groups is 1. The molecule has 0 saturated heterocycles. The van der Waals surface area contributed by atoms with E-state index in [1.807, 2.05) is 0 Å². The molecule has 0 aromatic heterocycles. The van der Waals surface area contributed by atoms with Crippen molar-refractivity contribution in [3.63, 3.8) is 0 Å². The summed E-state index contributed by atoms with van der Waals surface area (Å²) in [5, 5.41) is 8.88. The van der Waals surface area contributed by atoms with Gasteiger partial charge in [-0.25, -0.2) is 4.57 Å². The van der Waals surface area contributed by atoms with Crippen molar-refractivity contribution in [2.75, 3.05) is 19.8 Å². The molecule has 11 nitrogen and oxygen atoms in total. The van der Waals surface area contributed by atoms with E-state index in [-0.39, 0.29) is 19.4 Å². The van der Waals surface area contributed by atoms with E-state index in [1.165, 1.54) is 96.3 Å². The highest BCUT2D eigenvalue weighted by molar-refractivity contribution is 7.47. The van der Waals surface area contributed by atoms with Crippen LogP contribution >= 0.6 is 7.82 Å². The number of carboxylic acids is 1. The molecule has 0 saturated carbocycles. The summed E-state index contributed by atoms with van der Waals surface area (Å²) in [4.78, 5) is 45.9. The average Bonchev–Trinajstić information content (AvgIpc) is 3.14. The van der Waals surface area contributed by atoms with Crippen LogP contribution in [0.2, 0.25) is 0 Å². The van der Waals surface area contributed by atoms with Crippen LogP contribution in [0.15, 0.2) is 24.3 Å². The molecule has 1 unspecified atom stereocenters. The SMILES string of the molecule is CCCCCC/C=C\CCCCCCCCCC(=O)OC[C@H](COP(=O)(O)OC[C@H](N)C(=O)O)OC(=O)CCCCCCCCC/C=C\CCCCCC. The number of esters is 2. The van der Waals surface area contributed by atoms with Crippen molar-refractivity contribution in [1.29, 1.82) is 0 Å². The predicted octanol–water partition coefficient (Wildman–Crippen LogP) is 11.1. The van der Waals surface area contributed by atoms with Crippen molar-refractivity contribution in [1.82, 2.24) is 0 Å². The van der Waals surface area contributed by atoms with Gasteiger partial charge in [0.25, 0.3) is 0 Å². The lowest BCUT2D eigenvalue weighted by atomic mass is 10.1. The van der Waals surface area contributed by atoms with Crippen LogP contribution in [0.3, 0.4) is 0 Å². The maximum absolute atomic E-state index is 12.6. The highest BCUT2D eigenvalue weighted by Gasteiger charge is 2.28. The largest absolute Gasteiger partial charge is 0.480 e. The molecule has 4 N–H and O–H groups in total. The van der Waals surface area contributed by atoms with Crippen molar-refractivity contribution in [2.45, 2.75) is 206 Å². The molecule has 3 atom stereocenters. The highest BCUT2D eigenvalue weighted by atomic mass is 31.2. The molecule has 0 heterocycles. The summed E-state index contributed by atoms with van der Waals surface area (Å²) in [7, 11) is -4.71.